The standard InChI is InChI=1S/C38H26N2O/c1-3-14-28(15-4-1)39(36-25-27-13-7-8-18-31(27)32-19-9-10-20-33(32)36)30-23-24-35-38(26-30)41-37-22-12-11-21-34(37)40(35)29-16-5-2-6-17-29/h1-26H. The highest BCUT2D eigenvalue weighted by Gasteiger charge is 2.27. The van der Waals surface area contributed by atoms with Gasteiger partial charge in [-0.15, -0.1) is 0 Å². The van der Waals surface area contributed by atoms with Gasteiger partial charge in [0.25, 0.3) is 0 Å². The van der Waals surface area contributed by atoms with Crippen LogP contribution in [0, 0.1) is 0 Å². The third-order valence-corrected chi connectivity index (χ3v) is 7.78. The Morgan fingerprint density at radius 1 is 0.439 bits per heavy atom. The molecule has 0 spiro atoms. The van der Waals surface area contributed by atoms with Crippen molar-refractivity contribution in [3.05, 3.63) is 158 Å². The Balaban J connectivity index is 1.36. The molecule has 0 aromatic heterocycles. The first kappa shape index (κ1) is 23.4. The number of hydrogen-bond acceptors (Lipinski definition) is 3. The molecular weight excluding hydrogens is 500 g/mol. The number of nitrogens with zero attached hydrogens (tertiary/aromatic N) is 2. The minimum absolute atomic E-state index is 0.816. The van der Waals surface area contributed by atoms with Crippen molar-refractivity contribution in [3.8, 4) is 11.5 Å². The van der Waals surface area contributed by atoms with Crippen molar-refractivity contribution in [1.82, 2.24) is 0 Å². The summed E-state index contributed by atoms with van der Waals surface area (Å²) in [5, 5.41) is 4.90. The second-order valence-corrected chi connectivity index (χ2v) is 10.2. The van der Waals surface area contributed by atoms with Gasteiger partial charge in [0.1, 0.15) is 0 Å². The molecule has 0 fully saturated rings. The fraction of sp³-hybridized carbons (Fsp3) is 0. The molecule has 1 aliphatic rings. The van der Waals surface area contributed by atoms with E-state index in [-0.39, 0.29) is 0 Å². The van der Waals surface area contributed by atoms with Crippen LogP contribution in [0.4, 0.5) is 34.1 Å². The van der Waals surface area contributed by atoms with E-state index in [1.165, 1.54) is 21.5 Å². The predicted octanol–water partition coefficient (Wildman–Crippen LogP) is 11.0. The predicted molar refractivity (Wildman–Crippen MR) is 171 cm³/mol. The van der Waals surface area contributed by atoms with Crippen molar-refractivity contribution in [2.45, 2.75) is 0 Å². The molecule has 1 aliphatic heterocycles. The summed E-state index contributed by atoms with van der Waals surface area (Å²) in [4.78, 5) is 4.61. The molecule has 3 nitrogen and oxygen atoms in total. The van der Waals surface area contributed by atoms with Crippen LogP contribution in [-0.2, 0) is 0 Å². The fourth-order valence-electron chi connectivity index (χ4n) is 5.96. The molecule has 0 aliphatic carbocycles. The van der Waals surface area contributed by atoms with Crippen LogP contribution in [0.5, 0.6) is 11.5 Å². The van der Waals surface area contributed by atoms with Gasteiger partial charge in [-0.25, -0.2) is 0 Å². The number of hydrogen-bond donors (Lipinski definition) is 0. The summed E-state index contributed by atoms with van der Waals surface area (Å²) in [5.74, 6) is 1.65. The Bertz CT molecular complexity index is 2040. The maximum Gasteiger partial charge on any atom is 0.153 e. The van der Waals surface area contributed by atoms with Gasteiger partial charge in [0.2, 0.25) is 0 Å². The van der Waals surface area contributed by atoms with E-state index in [2.05, 4.69) is 149 Å². The minimum atomic E-state index is 0.816. The van der Waals surface area contributed by atoms with Crippen molar-refractivity contribution in [2.75, 3.05) is 9.80 Å². The highest BCUT2D eigenvalue weighted by Crippen LogP contribution is 2.52. The third kappa shape index (κ3) is 3.90. The van der Waals surface area contributed by atoms with Gasteiger partial charge >= 0.3 is 0 Å². The quantitative estimate of drug-likeness (QED) is 0.212. The summed E-state index contributed by atoms with van der Waals surface area (Å²) in [7, 11) is 0. The molecule has 0 saturated carbocycles. The lowest BCUT2D eigenvalue weighted by molar-refractivity contribution is 0.477. The van der Waals surface area contributed by atoms with E-state index in [4.69, 9.17) is 4.74 Å². The number of fused-ring (bicyclic) bond motifs is 5. The summed E-state index contributed by atoms with van der Waals surface area (Å²) in [6.07, 6.45) is 0. The Labute approximate surface area is 239 Å². The highest BCUT2D eigenvalue weighted by atomic mass is 16.5. The summed E-state index contributed by atoms with van der Waals surface area (Å²) >= 11 is 0. The minimum Gasteiger partial charge on any atom is -0.453 e. The molecule has 0 bridgehead atoms. The maximum atomic E-state index is 6.58. The smallest absolute Gasteiger partial charge is 0.153 e. The highest BCUT2D eigenvalue weighted by molar-refractivity contribution is 6.14. The number of para-hydroxylation sites is 4. The van der Waals surface area contributed by atoms with Crippen LogP contribution in [-0.4, -0.2) is 0 Å². The van der Waals surface area contributed by atoms with Gasteiger partial charge in [-0.2, -0.15) is 0 Å². The molecule has 0 unspecified atom stereocenters. The number of rotatable bonds is 4. The normalized spacial score (nSPS) is 12.0. The van der Waals surface area contributed by atoms with Crippen molar-refractivity contribution in [3.63, 3.8) is 0 Å². The third-order valence-electron chi connectivity index (χ3n) is 7.78. The fourth-order valence-corrected chi connectivity index (χ4v) is 5.96. The number of benzene rings is 7. The topological polar surface area (TPSA) is 15.7 Å². The lowest BCUT2D eigenvalue weighted by Gasteiger charge is -2.34. The van der Waals surface area contributed by atoms with Gasteiger partial charge in [-0.3, -0.25) is 0 Å². The first-order valence-electron chi connectivity index (χ1n) is 13.9. The Morgan fingerprint density at radius 2 is 1.07 bits per heavy atom. The van der Waals surface area contributed by atoms with Gasteiger partial charge in [0, 0.05) is 22.8 Å². The monoisotopic (exact) mass is 526 g/mol. The van der Waals surface area contributed by atoms with Gasteiger partial charge in [-0.05, 0) is 70.8 Å². The first-order chi connectivity index (χ1) is 20.3. The van der Waals surface area contributed by atoms with Crippen LogP contribution in [0.25, 0.3) is 21.5 Å². The lowest BCUT2D eigenvalue weighted by Crippen LogP contribution is -2.17. The molecule has 41 heavy (non-hydrogen) atoms. The zero-order valence-corrected chi connectivity index (χ0v) is 22.3. The lowest BCUT2D eigenvalue weighted by atomic mass is 9.99. The van der Waals surface area contributed by atoms with Crippen LogP contribution in [0.3, 0.4) is 0 Å². The van der Waals surface area contributed by atoms with E-state index in [0.29, 0.717) is 0 Å². The zero-order valence-electron chi connectivity index (χ0n) is 22.3. The first-order valence-corrected chi connectivity index (χ1v) is 13.9. The van der Waals surface area contributed by atoms with E-state index in [1.54, 1.807) is 0 Å². The van der Waals surface area contributed by atoms with Crippen LogP contribution < -0.4 is 14.5 Å². The second kappa shape index (κ2) is 9.58. The molecule has 8 rings (SSSR count). The summed E-state index contributed by atoms with van der Waals surface area (Å²) in [6.45, 7) is 0. The van der Waals surface area contributed by atoms with E-state index in [0.717, 1.165) is 45.6 Å². The summed E-state index contributed by atoms with van der Waals surface area (Å²) in [5.41, 5.74) is 6.38. The largest absolute Gasteiger partial charge is 0.453 e. The van der Waals surface area contributed by atoms with Crippen LogP contribution in [0.2, 0.25) is 0 Å². The van der Waals surface area contributed by atoms with Gasteiger partial charge in [0.15, 0.2) is 11.5 Å². The zero-order chi connectivity index (χ0) is 27.2. The molecule has 0 amide bonds. The Morgan fingerprint density at radius 3 is 1.90 bits per heavy atom. The molecule has 194 valence electrons. The molecule has 7 aromatic carbocycles. The molecule has 7 aromatic rings. The average molecular weight is 527 g/mol. The van der Waals surface area contributed by atoms with Crippen molar-refractivity contribution in [1.29, 1.82) is 0 Å². The summed E-state index contributed by atoms with van der Waals surface area (Å²) < 4.78 is 6.58. The summed E-state index contributed by atoms with van der Waals surface area (Å²) in [6, 6.07) is 55.4. The molecule has 0 N–H and O–H groups in total. The van der Waals surface area contributed by atoms with Gasteiger partial charge < -0.3 is 14.5 Å². The Hall–Kier alpha value is -5.54. The van der Waals surface area contributed by atoms with E-state index in [9.17, 15) is 0 Å². The van der Waals surface area contributed by atoms with Crippen LogP contribution in [0.15, 0.2) is 158 Å². The van der Waals surface area contributed by atoms with Crippen LogP contribution in [0.1, 0.15) is 0 Å². The van der Waals surface area contributed by atoms with Crippen molar-refractivity contribution >= 4 is 55.7 Å². The van der Waals surface area contributed by atoms with E-state index >= 15 is 0 Å². The number of ether oxygens (including phenoxy) is 1. The van der Waals surface area contributed by atoms with Gasteiger partial charge in [0.05, 0.1) is 22.7 Å². The average Bonchev–Trinajstić information content (AvgIpc) is 3.04. The molecule has 3 heteroatoms. The van der Waals surface area contributed by atoms with Crippen molar-refractivity contribution in [2.24, 2.45) is 0 Å². The van der Waals surface area contributed by atoms with E-state index < -0.39 is 0 Å². The number of anilines is 6. The van der Waals surface area contributed by atoms with E-state index in [1.807, 2.05) is 18.2 Å². The molecule has 0 radical (unpaired) electrons. The van der Waals surface area contributed by atoms with Crippen molar-refractivity contribution < 1.29 is 4.74 Å². The Kier molecular flexibility index (Phi) is 5.46. The molecule has 0 saturated heterocycles. The van der Waals surface area contributed by atoms with Gasteiger partial charge in [-0.1, -0.05) is 97.1 Å². The molecular formula is C38H26N2O. The molecule has 0 atom stereocenters. The maximum absolute atomic E-state index is 6.58. The van der Waals surface area contributed by atoms with Crippen LogP contribution >= 0.6 is 0 Å². The second-order valence-electron chi connectivity index (χ2n) is 10.2. The molecule has 1 heterocycles. The SMILES string of the molecule is c1ccc(N2c3ccccc3Oc3cc(N(c4ccccc4)c4cc5ccccc5c5ccccc45)ccc32)cc1.